The fourth-order valence-electron chi connectivity index (χ4n) is 4.14. The molecule has 7 nitrogen and oxygen atoms in total. The average Bonchev–Trinajstić information content (AvgIpc) is 3.05. The van der Waals surface area contributed by atoms with Crippen molar-refractivity contribution in [2.45, 2.75) is 38.8 Å². The summed E-state index contributed by atoms with van der Waals surface area (Å²) in [6.07, 6.45) is 2.04. The Kier molecular flexibility index (Phi) is 5.80. The van der Waals surface area contributed by atoms with Crippen molar-refractivity contribution in [2.75, 3.05) is 31.2 Å². The van der Waals surface area contributed by atoms with E-state index >= 15 is 0 Å². The van der Waals surface area contributed by atoms with Gasteiger partial charge < -0.3 is 19.3 Å². The average molecular weight is 419 g/mol. The number of ether oxygens (including phenoxy) is 2. The molecule has 30 heavy (non-hydrogen) atoms. The molecule has 0 saturated carbocycles. The van der Waals surface area contributed by atoms with E-state index in [1.165, 1.54) is 12.1 Å². The van der Waals surface area contributed by atoms with Gasteiger partial charge in [0.15, 0.2) is 5.78 Å². The fourth-order valence-corrected chi connectivity index (χ4v) is 4.14. The Bertz CT molecular complexity index is 910. The summed E-state index contributed by atoms with van der Waals surface area (Å²) in [5, 5.41) is 0. The van der Waals surface area contributed by atoms with Crippen LogP contribution in [0.3, 0.4) is 0 Å². The van der Waals surface area contributed by atoms with E-state index in [1.54, 1.807) is 17.0 Å². The van der Waals surface area contributed by atoms with Crippen LogP contribution in [0.1, 0.15) is 25.3 Å². The maximum absolute atomic E-state index is 13.1. The number of benzene rings is 1. The predicted molar refractivity (Wildman–Crippen MR) is 106 cm³/mol. The number of morpholine rings is 1. The molecule has 0 unspecified atom stereocenters. The van der Waals surface area contributed by atoms with Gasteiger partial charge in [-0.3, -0.25) is 9.59 Å². The highest BCUT2D eigenvalue weighted by atomic mass is 19.3. The number of hydrogen-bond acceptors (Lipinski definition) is 6. The topological polar surface area (TPSA) is 71.4 Å². The Morgan fingerprint density at radius 3 is 2.83 bits per heavy atom. The molecule has 3 aliphatic heterocycles. The van der Waals surface area contributed by atoms with Gasteiger partial charge in [0.2, 0.25) is 5.91 Å². The van der Waals surface area contributed by atoms with E-state index in [2.05, 4.69) is 9.73 Å². The van der Waals surface area contributed by atoms with Gasteiger partial charge in [-0.15, -0.1) is 0 Å². The van der Waals surface area contributed by atoms with Crippen LogP contribution in [0.2, 0.25) is 0 Å². The monoisotopic (exact) mass is 419 g/mol. The highest BCUT2D eigenvalue weighted by molar-refractivity contribution is 6.16. The van der Waals surface area contributed by atoms with Crippen molar-refractivity contribution in [3.63, 3.8) is 0 Å². The number of nitrogens with zero attached hydrogens (tertiary/aromatic N) is 3. The molecule has 0 N–H and O–H groups in total. The van der Waals surface area contributed by atoms with Gasteiger partial charge in [0.05, 0.1) is 25.3 Å². The van der Waals surface area contributed by atoms with Gasteiger partial charge >= 0.3 is 6.61 Å². The quantitative estimate of drug-likeness (QED) is 0.734. The number of aliphatic imine (C=N–C) groups is 1. The molecule has 1 saturated heterocycles. The van der Waals surface area contributed by atoms with E-state index < -0.39 is 6.61 Å². The standard InChI is InChI=1S/C21H23F2N3O4/c1-13-9-16-17(3-2-4-18(16)30-21(22)23)26(13)20(28)11-14-10-15(27)12-19(24-14)25-5-7-29-8-6-25/h2-4,12-13,21H,5-11H2,1H3/t13-/m1/s1. The highest BCUT2D eigenvalue weighted by Gasteiger charge is 2.34. The van der Waals surface area contributed by atoms with Crippen molar-refractivity contribution >= 4 is 23.1 Å². The maximum Gasteiger partial charge on any atom is 0.387 e. The fraction of sp³-hybridized carbons (Fsp3) is 0.476. The SMILES string of the molecule is C[C@@H]1Cc2c(OC(F)F)cccc2N1C(=O)CC1=NC(N2CCOCC2)=CC(=O)C1. The van der Waals surface area contributed by atoms with Crippen LogP contribution in [0.25, 0.3) is 0 Å². The molecule has 1 aromatic rings. The lowest BCUT2D eigenvalue weighted by Crippen LogP contribution is -2.38. The van der Waals surface area contributed by atoms with Crippen LogP contribution in [0, 0.1) is 0 Å². The number of ketones is 1. The summed E-state index contributed by atoms with van der Waals surface area (Å²) in [6, 6.07) is 4.59. The Hall–Kier alpha value is -2.81. The zero-order valence-electron chi connectivity index (χ0n) is 16.6. The Morgan fingerprint density at radius 2 is 2.10 bits per heavy atom. The van der Waals surface area contributed by atoms with Crippen LogP contribution in [0.5, 0.6) is 5.75 Å². The normalized spacial score (nSPS) is 21.5. The number of carbonyl (C=O) groups excluding carboxylic acids is 2. The van der Waals surface area contributed by atoms with Crippen molar-refractivity contribution in [3.8, 4) is 5.75 Å². The van der Waals surface area contributed by atoms with Gasteiger partial charge in [0.1, 0.15) is 11.6 Å². The molecular formula is C21H23F2N3O4. The number of allylic oxidation sites excluding steroid dienone is 1. The highest BCUT2D eigenvalue weighted by Crippen LogP contribution is 2.39. The second kappa shape index (κ2) is 8.51. The zero-order valence-corrected chi connectivity index (χ0v) is 16.6. The summed E-state index contributed by atoms with van der Waals surface area (Å²) in [7, 11) is 0. The number of halogens is 2. The van der Waals surface area contributed by atoms with Crippen LogP contribution in [0.4, 0.5) is 14.5 Å². The first-order chi connectivity index (χ1) is 14.4. The minimum atomic E-state index is -2.93. The summed E-state index contributed by atoms with van der Waals surface area (Å²) in [4.78, 5) is 33.4. The lowest BCUT2D eigenvalue weighted by atomic mass is 10.1. The largest absolute Gasteiger partial charge is 0.434 e. The van der Waals surface area contributed by atoms with Crippen LogP contribution >= 0.6 is 0 Å². The number of carbonyl (C=O) groups is 2. The predicted octanol–water partition coefficient (Wildman–Crippen LogP) is 2.54. The number of amides is 1. The van der Waals surface area contributed by atoms with Crippen LogP contribution < -0.4 is 9.64 Å². The summed E-state index contributed by atoms with van der Waals surface area (Å²) in [5.74, 6) is 0.356. The number of rotatable bonds is 5. The number of fused-ring (bicyclic) bond motifs is 1. The maximum atomic E-state index is 13.1. The molecule has 9 heteroatoms. The second-order valence-corrected chi connectivity index (χ2v) is 7.55. The molecule has 0 bridgehead atoms. The molecule has 4 rings (SSSR count). The summed E-state index contributed by atoms with van der Waals surface area (Å²) in [6.45, 7) is 1.36. The molecule has 1 fully saturated rings. The third kappa shape index (κ3) is 4.21. The van der Waals surface area contributed by atoms with Crippen LogP contribution in [-0.2, 0) is 20.7 Å². The van der Waals surface area contributed by atoms with Crippen LogP contribution in [0.15, 0.2) is 35.1 Å². The first kappa shape index (κ1) is 20.5. The van der Waals surface area contributed by atoms with Gasteiger partial charge in [0.25, 0.3) is 0 Å². The third-order valence-corrected chi connectivity index (χ3v) is 5.42. The van der Waals surface area contributed by atoms with Crippen molar-refractivity contribution in [1.82, 2.24) is 4.90 Å². The minimum Gasteiger partial charge on any atom is -0.434 e. The van der Waals surface area contributed by atoms with Gasteiger partial charge in [-0.05, 0) is 25.5 Å². The Labute approximate surface area is 172 Å². The number of hydrogen-bond donors (Lipinski definition) is 0. The Balaban J connectivity index is 1.52. The van der Waals surface area contributed by atoms with E-state index in [1.807, 2.05) is 11.8 Å². The molecular weight excluding hydrogens is 396 g/mol. The third-order valence-electron chi connectivity index (χ3n) is 5.42. The van der Waals surface area contributed by atoms with E-state index in [0.717, 1.165) is 0 Å². The molecule has 1 atom stereocenters. The molecule has 3 heterocycles. The lowest BCUT2D eigenvalue weighted by molar-refractivity contribution is -0.117. The van der Waals surface area contributed by atoms with E-state index in [0.29, 0.717) is 55.5 Å². The van der Waals surface area contributed by atoms with Crippen molar-refractivity contribution in [1.29, 1.82) is 0 Å². The number of alkyl halides is 2. The molecule has 160 valence electrons. The first-order valence-electron chi connectivity index (χ1n) is 9.95. The van der Waals surface area contributed by atoms with E-state index in [-0.39, 0.29) is 36.3 Å². The van der Waals surface area contributed by atoms with E-state index in [4.69, 9.17) is 4.74 Å². The zero-order chi connectivity index (χ0) is 21.3. The first-order valence-corrected chi connectivity index (χ1v) is 9.95. The molecule has 1 aromatic carbocycles. The molecule has 3 aliphatic rings. The summed E-state index contributed by atoms with van der Waals surface area (Å²) < 4.78 is 35.4. The minimum absolute atomic E-state index is 0.00285. The summed E-state index contributed by atoms with van der Waals surface area (Å²) in [5.41, 5.74) is 1.67. The second-order valence-electron chi connectivity index (χ2n) is 7.55. The molecule has 0 aliphatic carbocycles. The van der Waals surface area contributed by atoms with Gasteiger partial charge in [-0.25, -0.2) is 4.99 Å². The molecule has 0 radical (unpaired) electrons. The van der Waals surface area contributed by atoms with Crippen molar-refractivity contribution in [3.05, 3.63) is 35.7 Å². The lowest BCUT2D eigenvalue weighted by Gasteiger charge is -2.30. The van der Waals surface area contributed by atoms with Crippen molar-refractivity contribution in [2.24, 2.45) is 4.99 Å². The van der Waals surface area contributed by atoms with E-state index in [9.17, 15) is 18.4 Å². The molecule has 0 spiro atoms. The smallest absolute Gasteiger partial charge is 0.387 e. The van der Waals surface area contributed by atoms with Gasteiger partial charge in [-0.2, -0.15) is 8.78 Å². The van der Waals surface area contributed by atoms with Gasteiger partial charge in [0, 0.05) is 42.9 Å². The van der Waals surface area contributed by atoms with Gasteiger partial charge in [-0.1, -0.05) is 6.07 Å². The Morgan fingerprint density at radius 1 is 1.33 bits per heavy atom. The molecule has 0 aromatic heterocycles. The van der Waals surface area contributed by atoms with Crippen molar-refractivity contribution < 1.29 is 27.8 Å². The summed E-state index contributed by atoms with van der Waals surface area (Å²) >= 11 is 0. The number of anilines is 1. The molecule has 1 amide bonds. The van der Waals surface area contributed by atoms with Crippen LogP contribution in [-0.4, -0.2) is 61.3 Å².